The van der Waals surface area contributed by atoms with Crippen LogP contribution in [0.4, 0.5) is 4.39 Å². The highest BCUT2D eigenvalue weighted by Gasteiger charge is 2.14. The van der Waals surface area contributed by atoms with Crippen molar-refractivity contribution in [1.82, 2.24) is 0 Å². The standard InChI is InChI=1S/C15H13Cl2FO2/c1-8-5-15(11(9(2)19)7-14(8)18)20-10-3-4-12(16)13(17)6-10/h3-7,9,19H,1-2H3. The fraction of sp³-hybridized carbons (Fsp3) is 0.200. The van der Waals surface area contributed by atoms with Crippen molar-refractivity contribution in [2.24, 2.45) is 0 Å². The van der Waals surface area contributed by atoms with Crippen LogP contribution in [0.15, 0.2) is 30.3 Å². The van der Waals surface area contributed by atoms with Gasteiger partial charge in [0, 0.05) is 11.6 Å². The lowest BCUT2D eigenvalue weighted by molar-refractivity contribution is 0.195. The van der Waals surface area contributed by atoms with Crippen LogP contribution in [0.3, 0.4) is 0 Å². The van der Waals surface area contributed by atoms with E-state index in [0.717, 1.165) is 0 Å². The molecule has 106 valence electrons. The van der Waals surface area contributed by atoms with E-state index in [1.54, 1.807) is 38.1 Å². The molecular formula is C15H13Cl2FO2. The highest BCUT2D eigenvalue weighted by molar-refractivity contribution is 6.42. The van der Waals surface area contributed by atoms with Gasteiger partial charge in [0.2, 0.25) is 0 Å². The molecule has 1 atom stereocenters. The predicted molar refractivity (Wildman–Crippen MR) is 78.3 cm³/mol. The number of aliphatic hydroxyl groups is 1. The van der Waals surface area contributed by atoms with Gasteiger partial charge >= 0.3 is 0 Å². The van der Waals surface area contributed by atoms with Gasteiger partial charge in [0.25, 0.3) is 0 Å². The minimum absolute atomic E-state index is 0.363. The maximum Gasteiger partial charge on any atom is 0.133 e. The Morgan fingerprint density at radius 2 is 1.85 bits per heavy atom. The molecule has 0 bridgehead atoms. The third-order valence-electron chi connectivity index (χ3n) is 2.86. The van der Waals surface area contributed by atoms with Crippen molar-refractivity contribution < 1.29 is 14.2 Å². The SMILES string of the molecule is Cc1cc(Oc2ccc(Cl)c(Cl)c2)c(C(C)O)cc1F. The van der Waals surface area contributed by atoms with Crippen LogP contribution in [0.25, 0.3) is 0 Å². The number of benzene rings is 2. The number of hydrogen-bond donors (Lipinski definition) is 1. The Labute approximate surface area is 126 Å². The zero-order chi connectivity index (χ0) is 14.9. The first-order valence-corrected chi connectivity index (χ1v) is 6.75. The van der Waals surface area contributed by atoms with Gasteiger partial charge in [0.15, 0.2) is 0 Å². The summed E-state index contributed by atoms with van der Waals surface area (Å²) in [7, 11) is 0. The topological polar surface area (TPSA) is 29.5 Å². The largest absolute Gasteiger partial charge is 0.457 e. The average molecular weight is 315 g/mol. The van der Waals surface area contributed by atoms with Crippen LogP contribution in [-0.2, 0) is 0 Å². The lowest BCUT2D eigenvalue weighted by Gasteiger charge is -2.15. The van der Waals surface area contributed by atoms with Crippen LogP contribution in [-0.4, -0.2) is 5.11 Å². The molecule has 2 nitrogen and oxygen atoms in total. The van der Waals surface area contributed by atoms with Gasteiger partial charge in [0.05, 0.1) is 16.1 Å². The Kier molecular flexibility index (Phi) is 4.53. The Morgan fingerprint density at radius 1 is 1.15 bits per heavy atom. The molecule has 1 unspecified atom stereocenters. The molecule has 2 aromatic carbocycles. The van der Waals surface area contributed by atoms with Gasteiger partial charge in [0.1, 0.15) is 17.3 Å². The molecule has 0 heterocycles. The van der Waals surface area contributed by atoms with Gasteiger partial charge in [-0.3, -0.25) is 0 Å². The molecule has 2 rings (SSSR count). The highest BCUT2D eigenvalue weighted by Crippen LogP contribution is 2.34. The zero-order valence-corrected chi connectivity index (χ0v) is 12.5. The molecular weight excluding hydrogens is 302 g/mol. The molecule has 0 fully saturated rings. The van der Waals surface area contributed by atoms with E-state index in [0.29, 0.717) is 32.7 Å². The van der Waals surface area contributed by atoms with E-state index in [4.69, 9.17) is 27.9 Å². The van der Waals surface area contributed by atoms with Gasteiger partial charge in [-0.1, -0.05) is 23.2 Å². The second kappa shape index (κ2) is 6.00. The third kappa shape index (κ3) is 3.23. The van der Waals surface area contributed by atoms with Crippen molar-refractivity contribution in [3.8, 4) is 11.5 Å². The van der Waals surface area contributed by atoms with Crippen molar-refractivity contribution in [3.05, 3.63) is 57.3 Å². The molecule has 0 amide bonds. The molecule has 1 N–H and O–H groups in total. The van der Waals surface area contributed by atoms with E-state index in [-0.39, 0.29) is 5.82 Å². The van der Waals surface area contributed by atoms with Gasteiger partial charge in [-0.2, -0.15) is 0 Å². The van der Waals surface area contributed by atoms with E-state index < -0.39 is 6.10 Å². The van der Waals surface area contributed by atoms with Crippen LogP contribution >= 0.6 is 23.2 Å². The van der Waals surface area contributed by atoms with Crippen LogP contribution in [0, 0.1) is 12.7 Å². The summed E-state index contributed by atoms with van der Waals surface area (Å²) >= 11 is 11.8. The van der Waals surface area contributed by atoms with Crippen LogP contribution in [0.2, 0.25) is 10.0 Å². The van der Waals surface area contributed by atoms with E-state index >= 15 is 0 Å². The fourth-order valence-electron chi connectivity index (χ4n) is 1.75. The molecule has 5 heteroatoms. The molecule has 0 saturated carbocycles. The number of halogens is 3. The molecule has 0 spiro atoms. The molecule has 0 aliphatic carbocycles. The molecule has 0 aliphatic heterocycles. The molecule has 0 saturated heterocycles. The van der Waals surface area contributed by atoms with Crippen LogP contribution in [0.1, 0.15) is 24.2 Å². The van der Waals surface area contributed by atoms with Crippen molar-refractivity contribution >= 4 is 23.2 Å². The quantitative estimate of drug-likeness (QED) is 0.834. The first-order chi connectivity index (χ1) is 9.38. The molecule has 0 radical (unpaired) electrons. The summed E-state index contributed by atoms with van der Waals surface area (Å²) < 4.78 is 19.2. The van der Waals surface area contributed by atoms with E-state index in [9.17, 15) is 9.50 Å². The second-order valence-corrected chi connectivity index (χ2v) is 5.31. The maximum atomic E-state index is 13.6. The van der Waals surface area contributed by atoms with Gasteiger partial charge in [-0.05, 0) is 43.7 Å². The first-order valence-electron chi connectivity index (χ1n) is 5.99. The van der Waals surface area contributed by atoms with E-state index in [1.165, 1.54) is 6.07 Å². The van der Waals surface area contributed by atoms with Gasteiger partial charge in [-0.15, -0.1) is 0 Å². The average Bonchev–Trinajstić information content (AvgIpc) is 2.37. The van der Waals surface area contributed by atoms with Crippen molar-refractivity contribution in [2.45, 2.75) is 20.0 Å². The van der Waals surface area contributed by atoms with Crippen LogP contribution in [0.5, 0.6) is 11.5 Å². The zero-order valence-electron chi connectivity index (χ0n) is 11.0. The van der Waals surface area contributed by atoms with Crippen molar-refractivity contribution in [3.63, 3.8) is 0 Å². The summed E-state index contributed by atoms with van der Waals surface area (Å²) in [5.41, 5.74) is 0.809. The predicted octanol–water partition coefficient (Wildman–Crippen LogP) is 5.29. The molecule has 0 aliphatic rings. The Morgan fingerprint density at radius 3 is 2.45 bits per heavy atom. The summed E-state index contributed by atoms with van der Waals surface area (Å²) in [6.07, 6.45) is -0.845. The summed E-state index contributed by atoms with van der Waals surface area (Å²) in [6.45, 7) is 3.18. The molecule has 2 aromatic rings. The number of aryl methyl sites for hydroxylation is 1. The number of ether oxygens (including phenoxy) is 1. The normalized spacial score (nSPS) is 12.3. The van der Waals surface area contributed by atoms with Gasteiger partial charge in [-0.25, -0.2) is 4.39 Å². The first kappa shape index (κ1) is 15.1. The number of aliphatic hydroxyl groups excluding tert-OH is 1. The third-order valence-corrected chi connectivity index (χ3v) is 3.60. The summed E-state index contributed by atoms with van der Waals surface area (Å²) in [5, 5.41) is 10.5. The molecule has 0 aromatic heterocycles. The summed E-state index contributed by atoms with van der Waals surface area (Å²) in [4.78, 5) is 0. The minimum Gasteiger partial charge on any atom is -0.457 e. The fourth-order valence-corrected chi connectivity index (χ4v) is 2.04. The van der Waals surface area contributed by atoms with E-state index in [2.05, 4.69) is 0 Å². The molecule has 20 heavy (non-hydrogen) atoms. The lowest BCUT2D eigenvalue weighted by Crippen LogP contribution is -1.99. The summed E-state index contributed by atoms with van der Waals surface area (Å²) in [5.74, 6) is 0.465. The number of hydrogen-bond acceptors (Lipinski definition) is 2. The van der Waals surface area contributed by atoms with Gasteiger partial charge < -0.3 is 9.84 Å². The smallest absolute Gasteiger partial charge is 0.133 e. The van der Waals surface area contributed by atoms with E-state index in [1.807, 2.05) is 0 Å². The Hall–Kier alpha value is -1.29. The van der Waals surface area contributed by atoms with Crippen LogP contribution < -0.4 is 4.74 Å². The highest BCUT2D eigenvalue weighted by atomic mass is 35.5. The lowest BCUT2D eigenvalue weighted by atomic mass is 10.1. The second-order valence-electron chi connectivity index (χ2n) is 4.49. The van der Waals surface area contributed by atoms with Crippen molar-refractivity contribution in [2.75, 3.05) is 0 Å². The Balaban J connectivity index is 2.41. The Bertz CT molecular complexity index is 642. The van der Waals surface area contributed by atoms with Crippen molar-refractivity contribution in [1.29, 1.82) is 0 Å². The number of rotatable bonds is 3. The maximum absolute atomic E-state index is 13.6. The monoisotopic (exact) mass is 314 g/mol. The minimum atomic E-state index is -0.845. The summed E-state index contributed by atoms with van der Waals surface area (Å²) in [6, 6.07) is 7.64.